The first-order valence-corrected chi connectivity index (χ1v) is 7.61. The summed E-state index contributed by atoms with van der Waals surface area (Å²) in [6.45, 7) is 9.01. The molecule has 3 nitrogen and oxygen atoms in total. The van der Waals surface area contributed by atoms with Crippen molar-refractivity contribution < 1.29 is 9.90 Å². The van der Waals surface area contributed by atoms with Crippen LogP contribution in [0.4, 0.5) is 0 Å². The fourth-order valence-electron chi connectivity index (χ4n) is 1.50. The summed E-state index contributed by atoms with van der Waals surface area (Å²) in [6.07, 6.45) is 3.79. The molecule has 0 radical (unpaired) electrons. The highest BCUT2D eigenvalue weighted by Gasteiger charge is 2.31. The second kappa shape index (κ2) is 8.81. The third-order valence-corrected chi connectivity index (χ3v) is 4.46. The second-order valence-corrected chi connectivity index (χ2v) is 6.30. The van der Waals surface area contributed by atoms with Gasteiger partial charge < -0.3 is 10.4 Å². The van der Waals surface area contributed by atoms with Crippen LogP contribution in [0.5, 0.6) is 0 Å². The van der Waals surface area contributed by atoms with Crippen LogP contribution in [0, 0.1) is 0 Å². The summed E-state index contributed by atoms with van der Waals surface area (Å²) in [4.78, 5) is 11.2. The zero-order valence-corrected chi connectivity index (χ0v) is 12.4. The van der Waals surface area contributed by atoms with Gasteiger partial charge in [0.1, 0.15) is 5.54 Å². The molecule has 0 aliphatic rings. The molecule has 17 heavy (non-hydrogen) atoms. The van der Waals surface area contributed by atoms with Gasteiger partial charge in [-0.3, -0.25) is 4.79 Å². The molecule has 0 heterocycles. The summed E-state index contributed by atoms with van der Waals surface area (Å²) in [7, 11) is 0. The molecule has 0 aliphatic carbocycles. The topological polar surface area (TPSA) is 49.3 Å². The van der Waals surface area contributed by atoms with E-state index in [0.717, 1.165) is 25.1 Å². The number of rotatable bonds is 10. The zero-order chi connectivity index (χ0) is 13.3. The largest absolute Gasteiger partial charge is 0.480 e. The van der Waals surface area contributed by atoms with Crippen molar-refractivity contribution in [2.24, 2.45) is 0 Å². The monoisotopic (exact) mass is 261 g/mol. The number of aliphatic carboxylic acids is 1. The van der Waals surface area contributed by atoms with Crippen molar-refractivity contribution in [3.05, 3.63) is 0 Å². The maximum absolute atomic E-state index is 11.2. The van der Waals surface area contributed by atoms with Crippen LogP contribution in [0.2, 0.25) is 0 Å². The van der Waals surface area contributed by atoms with E-state index in [4.69, 9.17) is 0 Å². The number of carbonyl (C=O) groups is 1. The summed E-state index contributed by atoms with van der Waals surface area (Å²) in [5.41, 5.74) is -0.758. The molecule has 2 unspecified atom stereocenters. The molecule has 0 saturated heterocycles. The van der Waals surface area contributed by atoms with Gasteiger partial charge in [-0.25, -0.2) is 0 Å². The SMILES string of the molecule is CCCNC(C)(CCCSC(C)CC)C(=O)O. The molecule has 2 N–H and O–H groups in total. The highest BCUT2D eigenvalue weighted by Crippen LogP contribution is 2.19. The lowest BCUT2D eigenvalue weighted by Crippen LogP contribution is -2.49. The smallest absolute Gasteiger partial charge is 0.323 e. The molecule has 102 valence electrons. The van der Waals surface area contributed by atoms with Crippen LogP contribution < -0.4 is 5.32 Å². The molecule has 0 aromatic rings. The number of hydrogen-bond donors (Lipinski definition) is 2. The van der Waals surface area contributed by atoms with E-state index in [0.29, 0.717) is 11.7 Å². The highest BCUT2D eigenvalue weighted by molar-refractivity contribution is 7.99. The third kappa shape index (κ3) is 6.94. The molecular formula is C13H27NO2S. The Labute approximate surface area is 110 Å². The molecular weight excluding hydrogens is 234 g/mol. The van der Waals surface area contributed by atoms with Gasteiger partial charge >= 0.3 is 5.97 Å². The summed E-state index contributed by atoms with van der Waals surface area (Å²) in [6, 6.07) is 0. The molecule has 0 spiro atoms. The Balaban J connectivity index is 3.96. The van der Waals surface area contributed by atoms with Crippen molar-refractivity contribution in [1.29, 1.82) is 0 Å². The van der Waals surface area contributed by atoms with Crippen molar-refractivity contribution in [3.63, 3.8) is 0 Å². The summed E-state index contributed by atoms with van der Waals surface area (Å²) in [5.74, 6) is 0.311. The van der Waals surface area contributed by atoms with Crippen LogP contribution in [-0.4, -0.2) is 34.2 Å². The fraction of sp³-hybridized carbons (Fsp3) is 0.923. The molecule has 0 aromatic carbocycles. The number of carboxylic acid groups (broad SMARTS) is 1. The van der Waals surface area contributed by atoms with Crippen molar-refractivity contribution in [1.82, 2.24) is 5.32 Å². The molecule has 0 bridgehead atoms. The predicted molar refractivity (Wildman–Crippen MR) is 75.8 cm³/mol. The Hall–Kier alpha value is -0.220. The van der Waals surface area contributed by atoms with Gasteiger partial charge in [0.15, 0.2) is 0 Å². The Bertz CT molecular complexity index is 223. The fourth-order valence-corrected chi connectivity index (χ4v) is 2.45. The first kappa shape index (κ1) is 16.8. The van der Waals surface area contributed by atoms with Gasteiger partial charge in [0.05, 0.1) is 0 Å². The lowest BCUT2D eigenvalue weighted by atomic mass is 9.96. The minimum atomic E-state index is -0.758. The van der Waals surface area contributed by atoms with Gasteiger partial charge in [-0.2, -0.15) is 11.8 Å². The van der Waals surface area contributed by atoms with E-state index in [1.807, 2.05) is 18.7 Å². The lowest BCUT2D eigenvalue weighted by molar-refractivity contribution is -0.144. The average molecular weight is 261 g/mol. The van der Waals surface area contributed by atoms with Crippen LogP contribution in [-0.2, 0) is 4.79 Å². The molecule has 0 aliphatic heterocycles. The number of nitrogens with one attached hydrogen (secondary N) is 1. The first-order valence-electron chi connectivity index (χ1n) is 6.56. The van der Waals surface area contributed by atoms with Crippen LogP contribution in [0.3, 0.4) is 0 Å². The average Bonchev–Trinajstić information content (AvgIpc) is 2.31. The molecule has 2 atom stereocenters. The lowest BCUT2D eigenvalue weighted by Gasteiger charge is -2.26. The number of hydrogen-bond acceptors (Lipinski definition) is 3. The van der Waals surface area contributed by atoms with Crippen LogP contribution in [0.1, 0.15) is 53.4 Å². The minimum Gasteiger partial charge on any atom is -0.480 e. The molecule has 4 heteroatoms. The van der Waals surface area contributed by atoms with Crippen molar-refractivity contribution in [2.75, 3.05) is 12.3 Å². The third-order valence-electron chi connectivity index (χ3n) is 3.04. The van der Waals surface area contributed by atoms with E-state index in [1.54, 1.807) is 6.92 Å². The quantitative estimate of drug-likeness (QED) is 0.593. The van der Waals surface area contributed by atoms with E-state index < -0.39 is 11.5 Å². The van der Waals surface area contributed by atoms with E-state index in [2.05, 4.69) is 19.2 Å². The van der Waals surface area contributed by atoms with Gasteiger partial charge in [0, 0.05) is 5.25 Å². The Morgan fingerprint density at radius 3 is 2.59 bits per heavy atom. The summed E-state index contributed by atoms with van der Waals surface area (Å²) < 4.78 is 0. The van der Waals surface area contributed by atoms with Crippen molar-refractivity contribution in [2.45, 2.75) is 64.2 Å². The van der Waals surface area contributed by atoms with Crippen molar-refractivity contribution >= 4 is 17.7 Å². The van der Waals surface area contributed by atoms with Crippen molar-refractivity contribution in [3.8, 4) is 0 Å². The number of carboxylic acids is 1. The standard InChI is InChI=1S/C13H27NO2S/c1-5-9-14-13(4,12(15)16)8-7-10-17-11(3)6-2/h11,14H,5-10H2,1-4H3,(H,15,16). The molecule has 0 fully saturated rings. The molecule has 0 aromatic heterocycles. The van der Waals surface area contributed by atoms with Gasteiger partial charge in [0.2, 0.25) is 0 Å². The van der Waals surface area contributed by atoms with Crippen LogP contribution >= 0.6 is 11.8 Å². The minimum absolute atomic E-state index is 0.676. The van der Waals surface area contributed by atoms with E-state index in [-0.39, 0.29) is 0 Å². The number of thioether (sulfide) groups is 1. The molecule has 0 amide bonds. The molecule has 0 rings (SSSR count). The Kier molecular flexibility index (Phi) is 8.70. The van der Waals surface area contributed by atoms with E-state index >= 15 is 0 Å². The maximum Gasteiger partial charge on any atom is 0.323 e. The predicted octanol–water partition coefficient (Wildman–Crippen LogP) is 3.14. The normalized spacial score (nSPS) is 16.5. The Morgan fingerprint density at radius 1 is 1.47 bits per heavy atom. The summed E-state index contributed by atoms with van der Waals surface area (Å²) >= 11 is 1.93. The van der Waals surface area contributed by atoms with E-state index in [1.165, 1.54) is 6.42 Å². The maximum atomic E-state index is 11.2. The second-order valence-electron chi connectivity index (χ2n) is 4.76. The Morgan fingerprint density at radius 2 is 2.12 bits per heavy atom. The van der Waals surface area contributed by atoms with Gasteiger partial charge in [-0.1, -0.05) is 20.8 Å². The van der Waals surface area contributed by atoms with Crippen LogP contribution in [0.25, 0.3) is 0 Å². The van der Waals surface area contributed by atoms with Crippen LogP contribution in [0.15, 0.2) is 0 Å². The molecule has 0 saturated carbocycles. The van der Waals surface area contributed by atoms with Gasteiger partial charge in [0.25, 0.3) is 0 Å². The van der Waals surface area contributed by atoms with E-state index in [9.17, 15) is 9.90 Å². The zero-order valence-electron chi connectivity index (χ0n) is 11.6. The highest BCUT2D eigenvalue weighted by atomic mass is 32.2. The summed E-state index contributed by atoms with van der Waals surface area (Å²) in [5, 5.41) is 13.1. The van der Waals surface area contributed by atoms with Gasteiger partial charge in [-0.15, -0.1) is 0 Å². The first-order chi connectivity index (χ1) is 7.96. The van der Waals surface area contributed by atoms with Gasteiger partial charge in [-0.05, 0) is 44.9 Å².